The first kappa shape index (κ1) is 19.9. The number of pyridine rings is 1. The molecule has 0 unspecified atom stereocenters. The van der Waals surface area contributed by atoms with Crippen LogP contribution in [0.4, 0.5) is 4.39 Å². The maximum atomic E-state index is 13.5. The largest absolute Gasteiger partial charge is 0.463 e. The van der Waals surface area contributed by atoms with Crippen LogP contribution in [0.15, 0.2) is 57.7 Å². The quantitative estimate of drug-likeness (QED) is 0.490. The lowest BCUT2D eigenvalue weighted by atomic mass is 10.1. The Morgan fingerprint density at radius 1 is 1.00 bits per heavy atom. The van der Waals surface area contributed by atoms with Crippen LogP contribution >= 0.6 is 0 Å². The third kappa shape index (κ3) is 3.51. The van der Waals surface area contributed by atoms with Gasteiger partial charge in [0.1, 0.15) is 11.5 Å². The first-order valence-electron chi connectivity index (χ1n) is 10.2. The number of benzene rings is 1. The molecule has 8 nitrogen and oxygen atoms in total. The van der Waals surface area contributed by atoms with Crippen molar-refractivity contribution in [2.45, 2.75) is 6.92 Å². The van der Waals surface area contributed by atoms with Crippen LogP contribution < -0.4 is 0 Å². The summed E-state index contributed by atoms with van der Waals surface area (Å²) in [4.78, 5) is 33.8. The highest BCUT2D eigenvalue weighted by molar-refractivity contribution is 6.07. The minimum atomic E-state index is -0.456. The smallest absolute Gasteiger partial charge is 0.259 e. The molecule has 0 N–H and O–H groups in total. The molecule has 1 aromatic carbocycles. The third-order valence-corrected chi connectivity index (χ3v) is 5.55. The average molecular weight is 434 g/mol. The zero-order valence-electron chi connectivity index (χ0n) is 17.2. The molecule has 1 aliphatic heterocycles. The third-order valence-electron chi connectivity index (χ3n) is 5.55. The lowest BCUT2D eigenvalue weighted by Gasteiger charge is -2.35. The van der Waals surface area contributed by atoms with Gasteiger partial charge in [-0.1, -0.05) is 11.2 Å². The molecule has 0 spiro atoms. The van der Waals surface area contributed by atoms with Gasteiger partial charge in [-0.3, -0.25) is 9.59 Å². The zero-order chi connectivity index (χ0) is 22.2. The number of carbonyl (C=O) groups is 2. The number of aromatic nitrogens is 2. The molecule has 0 bridgehead atoms. The molecule has 1 aliphatic rings. The molecular weight excluding hydrogens is 415 g/mol. The SMILES string of the molecule is Cc1noc2nc(-c3ccco3)cc(C(=O)N3CCN(C(=O)c4cccc(F)c4)CC3)c12. The Kier molecular flexibility index (Phi) is 4.93. The Bertz CT molecular complexity index is 1310. The molecule has 9 heteroatoms. The molecule has 4 heterocycles. The Morgan fingerprint density at radius 3 is 2.44 bits per heavy atom. The molecule has 1 fully saturated rings. The van der Waals surface area contributed by atoms with Gasteiger partial charge in [0.2, 0.25) is 0 Å². The number of carbonyl (C=O) groups excluding carboxylic acids is 2. The Labute approximate surface area is 182 Å². The summed E-state index contributed by atoms with van der Waals surface area (Å²) < 4.78 is 24.2. The molecule has 162 valence electrons. The summed E-state index contributed by atoms with van der Waals surface area (Å²) in [6.45, 7) is 3.16. The van der Waals surface area contributed by atoms with Gasteiger partial charge in [-0.05, 0) is 43.3 Å². The highest BCUT2D eigenvalue weighted by atomic mass is 19.1. The van der Waals surface area contributed by atoms with E-state index < -0.39 is 5.82 Å². The van der Waals surface area contributed by atoms with Gasteiger partial charge >= 0.3 is 0 Å². The van der Waals surface area contributed by atoms with E-state index in [1.165, 1.54) is 24.5 Å². The summed E-state index contributed by atoms with van der Waals surface area (Å²) in [6.07, 6.45) is 1.53. The molecule has 4 aromatic rings. The van der Waals surface area contributed by atoms with Crippen LogP contribution in [-0.2, 0) is 0 Å². The molecule has 2 amide bonds. The van der Waals surface area contributed by atoms with Crippen molar-refractivity contribution < 1.29 is 22.9 Å². The fourth-order valence-electron chi connectivity index (χ4n) is 3.90. The van der Waals surface area contributed by atoms with Gasteiger partial charge in [0, 0.05) is 31.7 Å². The normalized spacial score (nSPS) is 14.2. The Morgan fingerprint density at radius 2 is 1.75 bits per heavy atom. The van der Waals surface area contributed by atoms with Crippen LogP contribution in [0, 0.1) is 12.7 Å². The molecule has 0 atom stereocenters. The van der Waals surface area contributed by atoms with Crippen molar-refractivity contribution >= 4 is 22.9 Å². The number of nitrogens with zero attached hydrogens (tertiary/aromatic N) is 4. The lowest BCUT2D eigenvalue weighted by Crippen LogP contribution is -2.50. The predicted octanol–water partition coefficient (Wildman–Crippen LogP) is 3.53. The van der Waals surface area contributed by atoms with Crippen LogP contribution in [0.3, 0.4) is 0 Å². The number of hydrogen-bond donors (Lipinski definition) is 0. The van der Waals surface area contributed by atoms with Gasteiger partial charge in [-0.2, -0.15) is 0 Å². The zero-order valence-corrected chi connectivity index (χ0v) is 17.2. The number of rotatable bonds is 3. The summed E-state index contributed by atoms with van der Waals surface area (Å²) in [7, 11) is 0. The fourth-order valence-corrected chi connectivity index (χ4v) is 3.90. The van der Waals surface area contributed by atoms with E-state index in [2.05, 4.69) is 10.1 Å². The van der Waals surface area contributed by atoms with E-state index in [0.29, 0.717) is 59.8 Å². The minimum absolute atomic E-state index is 0.200. The Hall–Kier alpha value is -4.01. The van der Waals surface area contributed by atoms with Crippen molar-refractivity contribution in [3.8, 4) is 11.5 Å². The van der Waals surface area contributed by atoms with Crippen LogP contribution in [0.25, 0.3) is 22.6 Å². The first-order valence-corrected chi connectivity index (χ1v) is 10.2. The van der Waals surface area contributed by atoms with E-state index in [-0.39, 0.29) is 17.5 Å². The van der Waals surface area contributed by atoms with Crippen molar-refractivity contribution in [1.29, 1.82) is 0 Å². The lowest BCUT2D eigenvalue weighted by molar-refractivity contribution is 0.0536. The number of hydrogen-bond acceptors (Lipinski definition) is 6. The van der Waals surface area contributed by atoms with Gasteiger partial charge in [-0.15, -0.1) is 0 Å². The summed E-state index contributed by atoms with van der Waals surface area (Å²) in [5.74, 6) is -0.393. The molecule has 32 heavy (non-hydrogen) atoms. The fraction of sp³-hybridized carbons (Fsp3) is 0.217. The summed E-state index contributed by atoms with van der Waals surface area (Å²) in [5.41, 5.74) is 2.03. The van der Waals surface area contributed by atoms with E-state index in [1.54, 1.807) is 41.0 Å². The number of fused-ring (bicyclic) bond motifs is 1. The monoisotopic (exact) mass is 434 g/mol. The van der Waals surface area contributed by atoms with Gasteiger partial charge in [-0.25, -0.2) is 9.37 Å². The Balaban J connectivity index is 1.38. The van der Waals surface area contributed by atoms with Crippen molar-refractivity contribution in [3.05, 3.63) is 71.4 Å². The van der Waals surface area contributed by atoms with Crippen molar-refractivity contribution in [3.63, 3.8) is 0 Å². The van der Waals surface area contributed by atoms with E-state index in [0.717, 1.165) is 0 Å². The highest BCUT2D eigenvalue weighted by Crippen LogP contribution is 2.28. The second-order valence-corrected chi connectivity index (χ2v) is 7.58. The van der Waals surface area contributed by atoms with Gasteiger partial charge in [0.05, 0.1) is 22.9 Å². The van der Waals surface area contributed by atoms with Crippen LogP contribution in [0.2, 0.25) is 0 Å². The van der Waals surface area contributed by atoms with Gasteiger partial charge < -0.3 is 18.7 Å². The maximum Gasteiger partial charge on any atom is 0.259 e. The number of piperazine rings is 1. The van der Waals surface area contributed by atoms with Crippen LogP contribution in [0.1, 0.15) is 26.4 Å². The van der Waals surface area contributed by atoms with Crippen LogP contribution in [-0.4, -0.2) is 57.9 Å². The molecule has 1 saturated heterocycles. The molecular formula is C23H19FN4O4. The molecule has 3 aromatic heterocycles. The maximum absolute atomic E-state index is 13.5. The van der Waals surface area contributed by atoms with E-state index in [9.17, 15) is 14.0 Å². The van der Waals surface area contributed by atoms with Gasteiger partial charge in [0.25, 0.3) is 17.5 Å². The minimum Gasteiger partial charge on any atom is -0.463 e. The summed E-state index contributed by atoms with van der Waals surface area (Å²) >= 11 is 0. The highest BCUT2D eigenvalue weighted by Gasteiger charge is 2.28. The van der Waals surface area contributed by atoms with Gasteiger partial charge in [0.15, 0.2) is 5.76 Å². The standard InChI is InChI=1S/C23H19FN4O4/c1-14-20-17(13-18(19-6-3-11-31-19)25-21(20)32-26-14)23(30)28-9-7-27(8-10-28)22(29)15-4-2-5-16(24)12-15/h2-6,11-13H,7-10H2,1H3. The molecule has 0 saturated carbocycles. The molecule has 0 aliphatic carbocycles. The van der Waals surface area contributed by atoms with Crippen LogP contribution in [0.5, 0.6) is 0 Å². The molecule has 5 rings (SSSR count). The van der Waals surface area contributed by atoms with E-state index in [4.69, 9.17) is 8.94 Å². The van der Waals surface area contributed by atoms with Crippen molar-refractivity contribution in [2.75, 3.05) is 26.2 Å². The second-order valence-electron chi connectivity index (χ2n) is 7.58. The van der Waals surface area contributed by atoms with E-state index >= 15 is 0 Å². The van der Waals surface area contributed by atoms with Crippen molar-refractivity contribution in [2.24, 2.45) is 0 Å². The number of furan rings is 1. The van der Waals surface area contributed by atoms with Crippen molar-refractivity contribution in [1.82, 2.24) is 19.9 Å². The number of amides is 2. The van der Waals surface area contributed by atoms with E-state index in [1.807, 2.05) is 0 Å². The predicted molar refractivity (Wildman–Crippen MR) is 112 cm³/mol. The topological polar surface area (TPSA) is 92.7 Å². The number of aryl methyl sites for hydroxylation is 1. The average Bonchev–Trinajstić information content (AvgIpc) is 3.48. The summed E-state index contributed by atoms with van der Waals surface area (Å²) in [5, 5.41) is 4.52. The molecule has 0 radical (unpaired) electrons. The number of halogens is 1. The second kappa shape index (κ2) is 7.92. The first-order chi connectivity index (χ1) is 15.5. The summed E-state index contributed by atoms with van der Waals surface area (Å²) in [6, 6.07) is 10.8.